The number of fused-ring (bicyclic) bond motifs is 2. The van der Waals surface area contributed by atoms with Crippen molar-refractivity contribution < 1.29 is 13.9 Å². The molecular weight excluding hydrogens is 460 g/mol. The Morgan fingerprint density at radius 1 is 1.31 bits per heavy atom. The summed E-state index contributed by atoms with van der Waals surface area (Å²) in [6.45, 7) is 4.44. The molecule has 4 aromatic rings. The number of carbonyl (C=O) groups is 1. The number of nitrogens with one attached hydrogen (secondary N) is 2. The van der Waals surface area contributed by atoms with E-state index in [9.17, 15) is 9.59 Å². The molecule has 0 saturated heterocycles. The van der Waals surface area contributed by atoms with E-state index in [1.54, 1.807) is 13.2 Å². The number of carbonyl (C=O) groups excluding carboxylic acids is 1. The van der Waals surface area contributed by atoms with E-state index >= 15 is 0 Å². The van der Waals surface area contributed by atoms with Crippen molar-refractivity contribution in [1.82, 2.24) is 25.3 Å². The number of aromatic nitrogens is 4. The minimum absolute atomic E-state index is 0.0118. The first-order valence-electron chi connectivity index (χ1n) is 12.1. The van der Waals surface area contributed by atoms with Crippen molar-refractivity contribution in [3.8, 4) is 11.5 Å². The third-order valence-electron chi connectivity index (χ3n) is 6.89. The molecule has 36 heavy (non-hydrogen) atoms. The normalized spacial score (nSPS) is 18.4. The lowest BCUT2D eigenvalue weighted by atomic mass is 9.91. The Balaban J connectivity index is 1.52. The number of hydrogen-bond donors (Lipinski definition) is 3. The quantitative estimate of drug-likeness (QED) is 0.351. The molecule has 1 aromatic carbocycles. The zero-order valence-electron chi connectivity index (χ0n) is 20.6. The van der Waals surface area contributed by atoms with Gasteiger partial charge in [-0.3, -0.25) is 14.3 Å². The number of nitrogens with two attached hydrogens (primary N) is 1. The van der Waals surface area contributed by atoms with Crippen LogP contribution in [0.5, 0.6) is 0 Å². The standard InChI is InChI=1S/C26H30N6O4/c1-14-6-11-19-18(13-14)15(2)24(36-19)23-21-22(26(34)30-29-25(21)27)31-32(23)17-9-7-16(8-10-17)28-20(33)5-4-12-35-3/h4-6,11,13,16-17H,7-10,12H2,1-3H3,(H2,27,29)(H,28,33)(H,30,34)/b5-4+. The summed E-state index contributed by atoms with van der Waals surface area (Å²) in [5, 5.41) is 15.7. The van der Waals surface area contributed by atoms with Gasteiger partial charge in [0.2, 0.25) is 5.91 Å². The van der Waals surface area contributed by atoms with Gasteiger partial charge in [-0.1, -0.05) is 17.7 Å². The van der Waals surface area contributed by atoms with Crippen LogP contribution in [0.15, 0.2) is 39.6 Å². The molecule has 1 aliphatic carbocycles. The van der Waals surface area contributed by atoms with Gasteiger partial charge in [0.15, 0.2) is 17.1 Å². The predicted molar refractivity (Wildman–Crippen MR) is 138 cm³/mol. The zero-order valence-corrected chi connectivity index (χ0v) is 20.6. The van der Waals surface area contributed by atoms with Crippen molar-refractivity contribution in [2.75, 3.05) is 19.5 Å². The number of anilines is 1. The molecule has 0 bridgehead atoms. The van der Waals surface area contributed by atoms with Crippen molar-refractivity contribution in [2.24, 2.45) is 0 Å². The highest BCUT2D eigenvalue weighted by molar-refractivity contribution is 6.01. The molecule has 3 aromatic heterocycles. The molecule has 10 nitrogen and oxygen atoms in total. The fourth-order valence-corrected chi connectivity index (χ4v) is 5.06. The minimum atomic E-state index is -0.396. The van der Waals surface area contributed by atoms with Crippen molar-refractivity contribution in [1.29, 1.82) is 0 Å². The number of hydrogen-bond acceptors (Lipinski definition) is 7. The van der Waals surface area contributed by atoms with Gasteiger partial charge in [0.1, 0.15) is 11.3 Å². The Morgan fingerprint density at radius 3 is 2.83 bits per heavy atom. The van der Waals surface area contributed by atoms with Crippen LogP contribution in [0.1, 0.15) is 42.9 Å². The molecule has 3 heterocycles. The van der Waals surface area contributed by atoms with Gasteiger partial charge in [-0.2, -0.15) is 10.2 Å². The summed E-state index contributed by atoms with van der Waals surface area (Å²) < 4.78 is 13.1. The number of rotatable bonds is 6. The van der Waals surface area contributed by atoms with Gasteiger partial charge < -0.3 is 20.2 Å². The summed E-state index contributed by atoms with van der Waals surface area (Å²) in [5.41, 5.74) is 9.63. The molecule has 0 radical (unpaired) electrons. The summed E-state index contributed by atoms with van der Waals surface area (Å²) in [6.07, 6.45) is 6.31. The van der Waals surface area contributed by atoms with E-state index in [-0.39, 0.29) is 29.3 Å². The summed E-state index contributed by atoms with van der Waals surface area (Å²) >= 11 is 0. The molecule has 1 saturated carbocycles. The number of ether oxygens (including phenoxy) is 1. The summed E-state index contributed by atoms with van der Waals surface area (Å²) in [5.74, 6) is 0.709. The lowest BCUT2D eigenvalue weighted by molar-refractivity contribution is -0.117. The van der Waals surface area contributed by atoms with Crippen molar-refractivity contribution in [3.05, 3.63) is 51.8 Å². The van der Waals surface area contributed by atoms with Crippen LogP contribution in [0.2, 0.25) is 0 Å². The van der Waals surface area contributed by atoms with Gasteiger partial charge in [-0.25, -0.2) is 5.10 Å². The minimum Gasteiger partial charge on any atom is -0.454 e. The maximum Gasteiger partial charge on any atom is 0.292 e. The van der Waals surface area contributed by atoms with Gasteiger partial charge in [-0.15, -0.1) is 0 Å². The number of aryl methyl sites for hydroxylation is 2. The lowest BCUT2D eigenvalue weighted by Crippen LogP contribution is -2.37. The van der Waals surface area contributed by atoms with Crippen LogP contribution in [0.25, 0.3) is 33.3 Å². The molecule has 10 heteroatoms. The number of aromatic amines is 1. The van der Waals surface area contributed by atoms with E-state index in [0.29, 0.717) is 23.4 Å². The molecule has 188 valence electrons. The van der Waals surface area contributed by atoms with Crippen LogP contribution < -0.4 is 16.6 Å². The first kappa shape index (κ1) is 23.8. The van der Waals surface area contributed by atoms with Crippen LogP contribution in [0.4, 0.5) is 5.82 Å². The number of nitrogen functional groups attached to an aromatic ring is 1. The average Bonchev–Trinajstić information content (AvgIpc) is 3.41. The Hall–Kier alpha value is -3.92. The fourth-order valence-electron chi connectivity index (χ4n) is 5.06. The third-order valence-corrected chi connectivity index (χ3v) is 6.89. The van der Waals surface area contributed by atoms with Crippen molar-refractivity contribution in [3.63, 3.8) is 0 Å². The average molecular weight is 491 g/mol. The lowest BCUT2D eigenvalue weighted by Gasteiger charge is -2.29. The predicted octanol–water partition coefficient (Wildman–Crippen LogP) is 3.53. The Morgan fingerprint density at radius 2 is 2.08 bits per heavy atom. The van der Waals surface area contributed by atoms with Crippen molar-refractivity contribution >= 4 is 33.6 Å². The SMILES string of the molecule is COC/C=C/C(=O)NC1CCC(n2nc3c(=O)[nH]nc(N)c3c2-c2oc3ccc(C)cc3c2C)CC1. The number of amides is 1. The highest BCUT2D eigenvalue weighted by Gasteiger charge is 2.30. The number of methoxy groups -OCH3 is 1. The van der Waals surface area contributed by atoms with Gasteiger partial charge in [0.05, 0.1) is 18.0 Å². The van der Waals surface area contributed by atoms with Crippen LogP contribution in [0.3, 0.4) is 0 Å². The number of furan rings is 1. The van der Waals surface area contributed by atoms with E-state index in [1.807, 2.05) is 30.7 Å². The second-order valence-electron chi connectivity index (χ2n) is 9.38. The molecule has 4 N–H and O–H groups in total. The van der Waals surface area contributed by atoms with Gasteiger partial charge in [0, 0.05) is 30.2 Å². The first-order valence-corrected chi connectivity index (χ1v) is 12.1. The van der Waals surface area contributed by atoms with Crippen LogP contribution in [0, 0.1) is 13.8 Å². The molecule has 0 unspecified atom stereocenters. The monoisotopic (exact) mass is 490 g/mol. The Bertz CT molecular complexity index is 1520. The number of nitrogens with zero attached hydrogens (tertiary/aromatic N) is 3. The smallest absolute Gasteiger partial charge is 0.292 e. The maximum atomic E-state index is 12.7. The van der Waals surface area contributed by atoms with E-state index < -0.39 is 5.56 Å². The number of benzene rings is 1. The second-order valence-corrected chi connectivity index (χ2v) is 9.38. The topological polar surface area (TPSA) is 141 Å². The first-order chi connectivity index (χ1) is 17.4. The van der Waals surface area contributed by atoms with Gasteiger partial charge in [0.25, 0.3) is 5.56 Å². The highest BCUT2D eigenvalue weighted by atomic mass is 16.5. The second kappa shape index (κ2) is 9.62. The van der Waals surface area contributed by atoms with E-state index in [2.05, 4.69) is 21.6 Å². The van der Waals surface area contributed by atoms with Gasteiger partial charge >= 0.3 is 0 Å². The molecule has 1 fully saturated rings. The number of H-pyrrole nitrogens is 1. The van der Waals surface area contributed by atoms with Crippen LogP contribution in [-0.2, 0) is 9.53 Å². The summed E-state index contributed by atoms with van der Waals surface area (Å²) in [4.78, 5) is 24.8. The van der Waals surface area contributed by atoms with Crippen molar-refractivity contribution in [2.45, 2.75) is 51.6 Å². The molecule has 5 rings (SSSR count). The Kier molecular flexibility index (Phi) is 6.36. The summed E-state index contributed by atoms with van der Waals surface area (Å²) in [6, 6.07) is 6.13. The molecule has 0 spiro atoms. The third kappa shape index (κ3) is 4.28. The Labute approximate surface area is 207 Å². The zero-order chi connectivity index (χ0) is 25.4. The fraction of sp³-hybridized carbons (Fsp3) is 0.385. The largest absolute Gasteiger partial charge is 0.454 e. The summed E-state index contributed by atoms with van der Waals surface area (Å²) in [7, 11) is 1.59. The van der Waals surface area contributed by atoms with E-state index in [0.717, 1.165) is 47.8 Å². The molecule has 1 amide bonds. The van der Waals surface area contributed by atoms with Crippen LogP contribution in [-0.4, -0.2) is 45.6 Å². The maximum absolute atomic E-state index is 12.7. The van der Waals surface area contributed by atoms with Crippen LogP contribution >= 0.6 is 0 Å². The van der Waals surface area contributed by atoms with E-state index in [1.165, 1.54) is 6.08 Å². The van der Waals surface area contributed by atoms with Gasteiger partial charge in [-0.05, 0) is 51.7 Å². The molecule has 1 aliphatic rings. The highest BCUT2D eigenvalue weighted by Crippen LogP contribution is 2.41. The molecule has 0 aliphatic heterocycles. The van der Waals surface area contributed by atoms with E-state index in [4.69, 9.17) is 20.0 Å². The molecular formula is C26H30N6O4. The molecule has 0 atom stereocenters.